The van der Waals surface area contributed by atoms with Gasteiger partial charge in [0.05, 0.1) is 24.5 Å². The van der Waals surface area contributed by atoms with E-state index in [4.69, 9.17) is 0 Å². The van der Waals surface area contributed by atoms with Crippen molar-refractivity contribution in [1.29, 1.82) is 0 Å². The first-order chi connectivity index (χ1) is 10.7. The number of nitrogens with one attached hydrogen (secondary N) is 1. The molecule has 6 nitrogen and oxygen atoms in total. The van der Waals surface area contributed by atoms with E-state index in [0.717, 1.165) is 23.5 Å². The molecule has 0 aliphatic carbocycles. The molecule has 1 N–H and O–H groups in total. The SMILES string of the molecule is O=C1C[C@@H](C(=O)N2CCn3cncc3C2)c2ccccc2N1. The first-order valence-corrected chi connectivity index (χ1v) is 7.39. The molecule has 0 spiro atoms. The smallest absolute Gasteiger partial charge is 0.231 e. The van der Waals surface area contributed by atoms with Crippen molar-refractivity contribution in [2.75, 3.05) is 11.9 Å². The van der Waals surface area contributed by atoms with Gasteiger partial charge in [0.15, 0.2) is 0 Å². The van der Waals surface area contributed by atoms with Crippen molar-refractivity contribution in [2.24, 2.45) is 0 Å². The highest BCUT2D eigenvalue weighted by molar-refractivity contribution is 6.01. The number of carbonyl (C=O) groups is 2. The fraction of sp³-hybridized carbons (Fsp3) is 0.312. The summed E-state index contributed by atoms with van der Waals surface area (Å²) in [7, 11) is 0. The normalized spacial score (nSPS) is 20.1. The van der Waals surface area contributed by atoms with Gasteiger partial charge in [0.2, 0.25) is 11.8 Å². The Kier molecular flexibility index (Phi) is 2.96. The molecule has 0 saturated carbocycles. The van der Waals surface area contributed by atoms with E-state index in [-0.39, 0.29) is 24.2 Å². The van der Waals surface area contributed by atoms with E-state index in [1.54, 1.807) is 12.5 Å². The van der Waals surface area contributed by atoms with Crippen LogP contribution < -0.4 is 5.32 Å². The third-order valence-electron chi connectivity index (χ3n) is 4.37. The molecule has 2 amide bonds. The first-order valence-electron chi connectivity index (χ1n) is 7.39. The number of para-hydroxylation sites is 1. The summed E-state index contributed by atoms with van der Waals surface area (Å²) in [5, 5.41) is 2.84. The Hall–Kier alpha value is -2.63. The number of anilines is 1. The molecule has 112 valence electrons. The van der Waals surface area contributed by atoms with Gasteiger partial charge in [-0.25, -0.2) is 4.98 Å². The number of rotatable bonds is 1. The number of fused-ring (bicyclic) bond motifs is 2. The highest BCUT2D eigenvalue weighted by atomic mass is 16.2. The second-order valence-electron chi connectivity index (χ2n) is 5.73. The molecule has 0 fully saturated rings. The Morgan fingerprint density at radius 1 is 1.27 bits per heavy atom. The topological polar surface area (TPSA) is 67.2 Å². The van der Waals surface area contributed by atoms with Crippen LogP contribution in [0.1, 0.15) is 23.6 Å². The third-order valence-corrected chi connectivity index (χ3v) is 4.37. The molecule has 2 aliphatic rings. The van der Waals surface area contributed by atoms with Gasteiger partial charge < -0.3 is 14.8 Å². The Bertz CT molecular complexity index is 752. The van der Waals surface area contributed by atoms with Crippen LogP contribution in [0.3, 0.4) is 0 Å². The molecule has 1 aromatic carbocycles. The summed E-state index contributed by atoms with van der Waals surface area (Å²) in [6, 6.07) is 7.54. The van der Waals surface area contributed by atoms with Gasteiger partial charge in [0, 0.05) is 31.4 Å². The number of carbonyl (C=O) groups excluding carboxylic acids is 2. The fourth-order valence-corrected chi connectivity index (χ4v) is 3.22. The van der Waals surface area contributed by atoms with Crippen LogP contribution in [0.25, 0.3) is 0 Å². The van der Waals surface area contributed by atoms with Crippen molar-refractivity contribution in [3.05, 3.63) is 48.0 Å². The average Bonchev–Trinajstić information content (AvgIpc) is 3.00. The lowest BCUT2D eigenvalue weighted by Gasteiger charge is -2.33. The quantitative estimate of drug-likeness (QED) is 0.864. The second kappa shape index (κ2) is 4.98. The molecule has 6 heteroatoms. The predicted octanol–water partition coefficient (Wildman–Crippen LogP) is 1.35. The highest BCUT2D eigenvalue weighted by Crippen LogP contribution is 2.34. The minimum atomic E-state index is -0.389. The molecule has 1 atom stereocenters. The Balaban J connectivity index is 1.62. The third kappa shape index (κ3) is 2.07. The van der Waals surface area contributed by atoms with Gasteiger partial charge in [0.1, 0.15) is 0 Å². The average molecular weight is 296 g/mol. The van der Waals surface area contributed by atoms with E-state index in [1.807, 2.05) is 29.2 Å². The molecule has 22 heavy (non-hydrogen) atoms. The van der Waals surface area contributed by atoms with Gasteiger partial charge in [-0.05, 0) is 11.6 Å². The zero-order chi connectivity index (χ0) is 15.1. The number of amides is 2. The van der Waals surface area contributed by atoms with Crippen LogP contribution >= 0.6 is 0 Å². The molecule has 0 radical (unpaired) electrons. The first kappa shape index (κ1) is 13.1. The van der Waals surface area contributed by atoms with Crippen molar-refractivity contribution in [3.63, 3.8) is 0 Å². The highest BCUT2D eigenvalue weighted by Gasteiger charge is 2.34. The van der Waals surface area contributed by atoms with E-state index in [2.05, 4.69) is 14.9 Å². The van der Waals surface area contributed by atoms with Gasteiger partial charge >= 0.3 is 0 Å². The zero-order valence-corrected chi connectivity index (χ0v) is 12.0. The summed E-state index contributed by atoms with van der Waals surface area (Å²) in [5.74, 6) is -0.465. The Morgan fingerprint density at radius 3 is 3.05 bits per heavy atom. The molecule has 0 saturated heterocycles. The van der Waals surface area contributed by atoms with Gasteiger partial charge in [-0.15, -0.1) is 0 Å². The van der Waals surface area contributed by atoms with Crippen LogP contribution in [0.4, 0.5) is 5.69 Å². The number of aromatic nitrogens is 2. The molecule has 0 unspecified atom stereocenters. The second-order valence-corrected chi connectivity index (χ2v) is 5.73. The maximum Gasteiger partial charge on any atom is 0.231 e. The maximum atomic E-state index is 12.9. The largest absolute Gasteiger partial charge is 0.334 e. The summed E-state index contributed by atoms with van der Waals surface area (Å²) in [6.45, 7) is 1.96. The van der Waals surface area contributed by atoms with Crippen LogP contribution in [0.2, 0.25) is 0 Å². The van der Waals surface area contributed by atoms with Gasteiger partial charge in [-0.1, -0.05) is 18.2 Å². The molecule has 1 aromatic heterocycles. The van der Waals surface area contributed by atoms with E-state index >= 15 is 0 Å². The number of benzene rings is 1. The minimum absolute atomic E-state index is 0.0229. The van der Waals surface area contributed by atoms with E-state index in [9.17, 15) is 9.59 Å². The lowest BCUT2D eigenvalue weighted by Crippen LogP contribution is -2.42. The van der Waals surface area contributed by atoms with Crippen molar-refractivity contribution < 1.29 is 9.59 Å². The Morgan fingerprint density at radius 2 is 2.14 bits per heavy atom. The van der Waals surface area contributed by atoms with Crippen LogP contribution in [-0.2, 0) is 22.7 Å². The summed E-state index contributed by atoms with van der Waals surface area (Å²) >= 11 is 0. The van der Waals surface area contributed by atoms with Crippen LogP contribution in [0, 0.1) is 0 Å². The maximum absolute atomic E-state index is 12.9. The van der Waals surface area contributed by atoms with E-state index in [0.29, 0.717) is 13.1 Å². The predicted molar refractivity (Wildman–Crippen MR) is 80.1 cm³/mol. The number of nitrogens with zero attached hydrogens (tertiary/aromatic N) is 3. The molecule has 2 aromatic rings. The zero-order valence-electron chi connectivity index (χ0n) is 12.0. The summed E-state index contributed by atoms with van der Waals surface area (Å²) in [5.41, 5.74) is 2.69. The fourth-order valence-electron chi connectivity index (χ4n) is 3.22. The molecule has 4 rings (SSSR count). The summed E-state index contributed by atoms with van der Waals surface area (Å²) < 4.78 is 2.06. The summed E-state index contributed by atoms with van der Waals surface area (Å²) in [4.78, 5) is 30.7. The van der Waals surface area contributed by atoms with Crippen molar-refractivity contribution >= 4 is 17.5 Å². The molecule has 2 aliphatic heterocycles. The van der Waals surface area contributed by atoms with E-state index < -0.39 is 0 Å². The van der Waals surface area contributed by atoms with Crippen LogP contribution in [-0.4, -0.2) is 32.8 Å². The molecular formula is C16H16N4O2. The van der Waals surface area contributed by atoms with Gasteiger partial charge in [-0.2, -0.15) is 0 Å². The Labute approximate surface area is 127 Å². The van der Waals surface area contributed by atoms with Gasteiger partial charge in [-0.3, -0.25) is 9.59 Å². The van der Waals surface area contributed by atoms with E-state index in [1.165, 1.54) is 0 Å². The van der Waals surface area contributed by atoms with Gasteiger partial charge in [0.25, 0.3) is 0 Å². The van der Waals surface area contributed by atoms with Crippen LogP contribution in [0.15, 0.2) is 36.8 Å². The van der Waals surface area contributed by atoms with Crippen molar-refractivity contribution in [3.8, 4) is 0 Å². The lowest BCUT2D eigenvalue weighted by molar-refractivity contribution is -0.136. The minimum Gasteiger partial charge on any atom is -0.334 e. The number of imidazole rings is 1. The number of hydrogen-bond donors (Lipinski definition) is 1. The lowest BCUT2D eigenvalue weighted by atomic mass is 9.89. The molecular weight excluding hydrogens is 280 g/mol. The molecule has 0 bridgehead atoms. The monoisotopic (exact) mass is 296 g/mol. The van der Waals surface area contributed by atoms with Crippen molar-refractivity contribution in [1.82, 2.24) is 14.5 Å². The standard InChI is InChI=1S/C16H16N4O2/c21-15-7-13(12-3-1-2-4-14(12)18-15)16(22)19-5-6-20-10-17-8-11(20)9-19/h1-4,8,10,13H,5-7,9H2,(H,18,21)/t13-/m1/s1. The number of hydrogen-bond acceptors (Lipinski definition) is 3. The molecule has 3 heterocycles. The van der Waals surface area contributed by atoms with Crippen LogP contribution in [0.5, 0.6) is 0 Å². The summed E-state index contributed by atoms with van der Waals surface area (Å²) in [6.07, 6.45) is 3.80. The van der Waals surface area contributed by atoms with Crippen molar-refractivity contribution in [2.45, 2.75) is 25.4 Å².